The van der Waals surface area contributed by atoms with Gasteiger partial charge in [0.1, 0.15) is 11.4 Å². The fraction of sp³-hybridized carbons (Fsp3) is 0.267. The van der Waals surface area contributed by atoms with E-state index in [1.165, 1.54) is 26.5 Å². The van der Waals surface area contributed by atoms with Gasteiger partial charge in [-0.25, -0.2) is 4.39 Å². The predicted octanol–water partition coefficient (Wildman–Crippen LogP) is 2.49. The van der Waals surface area contributed by atoms with Gasteiger partial charge in [0, 0.05) is 11.8 Å². The molecule has 0 saturated carbocycles. The van der Waals surface area contributed by atoms with Crippen molar-refractivity contribution in [1.82, 2.24) is 4.98 Å². The van der Waals surface area contributed by atoms with Crippen LogP contribution in [0.25, 0.3) is 0 Å². The maximum absolute atomic E-state index is 13.3. The summed E-state index contributed by atoms with van der Waals surface area (Å²) in [5.74, 6) is 0.558. The third-order valence-corrected chi connectivity index (χ3v) is 3.21. The second kappa shape index (κ2) is 5.46. The molecular weight excluding hydrogens is 261 g/mol. The number of pyridine rings is 1. The molecule has 1 unspecified atom stereocenters. The van der Waals surface area contributed by atoms with Crippen molar-refractivity contribution in [1.29, 1.82) is 0 Å². The molecule has 20 heavy (non-hydrogen) atoms. The molecule has 4 nitrogen and oxygen atoms in total. The van der Waals surface area contributed by atoms with Gasteiger partial charge in [-0.1, -0.05) is 6.07 Å². The van der Waals surface area contributed by atoms with Crippen molar-refractivity contribution in [3.05, 3.63) is 53.6 Å². The molecule has 1 N–H and O–H groups in total. The summed E-state index contributed by atoms with van der Waals surface area (Å²) in [4.78, 5) is 3.76. The van der Waals surface area contributed by atoms with Crippen molar-refractivity contribution >= 4 is 0 Å². The van der Waals surface area contributed by atoms with E-state index in [-0.39, 0.29) is 0 Å². The van der Waals surface area contributed by atoms with Gasteiger partial charge in [0.25, 0.3) is 0 Å². The Labute approximate surface area is 116 Å². The highest BCUT2D eigenvalue weighted by atomic mass is 19.1. The van der Waals surface area contributed by atoms with Crippen molar-refractivity contribution in [2.45, 2.75) is 12.5 Å². The standard InChI is InChI=1S/C15H16FNO3/c1-15(18,11-6-12(16)9-17-8-11)10-4-5-13(19-2)14(7-10)20-3/h4-9,18H,1-3H3. The highest BCUT2D eigenvalue weighted by molar-refractivity contribution is 5.46. The minimum absolute atomic E-state index is 0.365. The van der Waals surface area contributed by atoms with Crippen LogP contribution in [0, 0.1) is 5.82 Å². The molecule has 1 aromatic heterocycles. The van der Waals surface area contributed by atoms with Crippen LogP contribution in [0.15, 0.2) is 36.7 Å². The van der Waals surface area contributed by atoms with Crippen LogP contribution in [-0.4, -0.2) is 24.3 Å². The Morgan fingerprint density at radius 1 is 1.05 bits per heavy atom. The second-order valence-corrected chi connectivity index (χ2v) is 4.53. The number of benzene rings is 1. The molecule has 0 aliphatic rings. The molecule has 1 aromatic carbocycles. The fourth-order valence-electron chi connectivity index (χ4n) is 1.98. The van der Waals surface area contributed by atoms with Crippen LogP contribution in [0.1, 0.15) is 18.1 Å². The normalized spacial score (nSPS) is 13.7. The molecule has 5 heteroatoms. The molecule has 106 valence electrons. The van der Waals surface area contributed by atoms with Crippen LogP contribution in [0.5, 0.6) is 11.5 Å². The first kappa shape index (κ1) is 14.3. The lowest BCUT2D eigenvalue weighted by molar-refractivity contribution is 0.101. The Kier molecular flexibility index (Phi) is 3.90. The Morgan fingerprint density at radius 2 is 1.75 bits per heavy atom. The van der Waals surface area contributed by atoms with Gasteiger partial charge in [0.15, 0.2) is 11.5 Å². The van der Waals surface area contributed by atoms with Gasteiger partial charge in [-0.2, -0.15) is 0 Å². The molecule has 2 aromatic rings. The molecule has 2 rings (SSSR count). The molecule has 0 fully saturated rings. The topological polar surface area (TPSA) is 51.6 Å². The molecule has 0 bridgehead atoms. The van der Waals surface area contributed by atoms with E-state index in [2.05, 4.69) is 4.98 Å². The summed E-state index contributed by atoms with van der Waals surface area (Å²) < 4.78 is 23.6. The largest absolute Gasteiger partial charge is 0.493 e. The molecule has 0 spiro atoms. The van der Waals surface area contributed by atoms with Gasteiger partial charge < -0.3 is 14.6 Å². The van der Waals surface area contributed by atoms with E-state index < -0.39 is 11.4 Å². The summed E-state index contributed by atoms with van der Waals surface area (Å²) in [6.07, 6.45) is 2.52. The lowest BCUT2D eigenvalue weighted by atomic mass is 9.89. The Morgan fingerprint density at radius 3 is 2.35 bits per heavy atom. The Balaban J connectivity index is 2.48. The van der Waals surface area contributed by atoms with E-state index in [4.69, 9.17) is 9.47 Å². The number of nitrogens with zero attached hydrogens (tertiary/aromatic N) is 1. The molecule has 0 saturated heterocycles. The summed E-state index contributed by atoms with van der Waals surface area (Å²) in [5.41, 5.74) is -0.457. The van der Waals surface area contributed by atoms with E-state index in [9.17, 15) is 9.50 Å². The molecule has 1 heterocycles. The summed E-state index contributed by atoms with van der Waals surface area (Å²) >= 11 is 0. The zero-order chi connectivity index (χ0) is 14.8. The predicted molar refractivity (Wildman–Crippen MR) is 72.4 cm³/mol. The van der Waals surface area contributed by atoms with Crippen LogP contribution in [0.4, 0.5) is 4.39 Å². The van der Waals surface area contributed by atoms with Crippen molar-refractivity contribution in [2.75, 3.05) is 14.2 Å². The smallest absolute Gasteiger partial charge is 0.161 e. The third-order valence-electron chi connectivity index (χ3n) is 3.21. The van der Waals surface area contributed by atoms with Crippen molar-refractivity contribution in [2.24, 2.45) is 0 Å². The van der Waals surface area contributed by atoms with Crippen molar-refractivity contribution in [3.63, 3.8) is 0 Å². The lowest BCUT2D eigenvalue weighted by Crippen LogP contribution is -2.23. The maximum Gasteiger partial charge on any atom is 0.161 e. The van der Waals surface area contributed by atoms with Crippen molar-refractivity contribution < 1.29 is 19.0 Å². The number of aliphatic hydroxyl groups is 1. The third kappa shape index (κ3) is 2.58. The SMILES string of the molecule is COc1ccc(C(C)(O)c2cncc(F)c2)cc1OC. The first-order chi connectivity index (χ1) is 9.48. The van der Waals surface area contributed by atoms with Gasteiger partial charge in [0.05, 0.1) is 20.4 Å². The highest BCUT2D eigenvalue weighted by Gasteiger charge is 2.27. The van der Waals surface area contributed by atoms with Gasteiger partial charge >= 0.3 is 0 Å². The first-order valence-corrected chi connectivity index (χ1v) is 6.05. The zero-order valence-corrected chi connectivity index (χ0v) is 11.6. The molecule has 0 radical (unpaired) electrons. The average molecular weight is 277 g/mol. The van der Waals surface area contributed by atoms with E-state index in [0.29, 0.717) is 22.6 Å². The van der Waals surface area contributed by atoms with Crippen LogP contribution in [-0.2, 0) is 5.60 Å². The molecular formula is C15H16FNO3. The molecule has 0 amide bonds. The van der Waals surface area contributed by atoms with E-state index in [1.54, 1.807) is 25.1 Å². The fourth-order valence-corrected chi connectivity index (χ4v) is 1.98. The quantitative estimate of drug-likeness (QED) is 0.933. The van der Waals surface area contributed by atoms with Gasteiger partial charge in [-0.05, 0) is 30.7 Å². The maximum atomic E-state index is 13.3. The number of hydrogen-bond acceptors (Lipinski definition) is 4. The molecule has 0 aliphatic heterocycles. The number of methoxy groups -OCH3 is 2. The van der Waals surface area contributed by atoms with E-state index in [0.717, 1.165) is 6.20 Å². The van der Waals surface area contributed by atoms with Crippen LogP contribution < -0.4 is 9.47 Å². The number of hydrogen-bond donors (Lipinski definition) is 1. The summed E-state index contributed by atoms with van der Waals surface area (Å²) in [5, 5.41) is 10.7. The number of rotatable bonds is 4. The van der Waals surface area contributed by atoms with Gasteiger partial charge in [-0.15, -0.1) is 0 Å². The van der Waals surface area contributed by atoms with Crippen LogP contribution in [0.2, 0.25) is 0 Å². The average Bonchev–Trinajstić information content (AvgIpc) is 2.46. The zero-order valence-electron chi connectivity index (χ0n) is 11.6. The van der Waals surface area contributed by atoms with E-state index >= 15 is 0 Å². The highest BCUT2D eigenvalue weighted by Crippen LogP contribution is 2.35. The lowest BCUT2D eigenvalue weighted by Gasteiger charge is -2.25. The minimum Gasteiger partial charge on any atom is -0.493 e. The Hall–Kier alpha value is -2.14. The van der Waals surface area contributed by atoms with Gasteiger partial charge in [0.2, 0.25) is 0 Å². The molecule has 1 atom stereocenters. The second-order valence-electron chi connectivity index (χ2n) is 4.53. The van der Waals surface area contributed by atoms with Crippen molar-refractivity contribution in [3.8, 4) is 11.5 Å². The molecule has 0 aliphatic carbocycles. The monoisotopic (exact) mass is 277 g/mol. The number of ether oxygens (including phenoxy) is 2. The summed E-state index contributed by atoms with van der Waals surface area (Å²) in [6, 6.07) is 6.30. The van der Waals surface area contributed by atoms with Crippen LogP contribution >= 0.6 is 0 Å². The minimum atomic E-state index is -1.38. The van der Waals surface area contributed by atoms with Gasteiger partial charge in [-0.3, -0.25) is 4.98 Å². The number of aromatic nitrogens is 1. The summed E-state index contributed by atoms with van der Waals surface area (Å²) in [6.45, 7) is 1.57. The Bertz CT molecular complexity index is 614. The summed E-state index contributed by atoms with van der Waals surface area (Å²) in [7, 11) is 3.05. The van der Waals surface area contributed by atoms with E-state index in [1.807, 2.05) is 0 Å². The van der Waals surface area contributed by atoms with Crippen LogP contribution in [0.3, 0.4) is 0 Å². The number of halogens is 1. The first-order valence-electron chi connectivity index (χ1n) is 6.05.